The maximum atomic E-state index is 13.0. The highest BCUT2D eigenvalue weighted by atomic mass is 19.4. The number of aliphatic carboxylic acids is 1. The third-order valence-corrected chi connectivity index (χ3v) is 7.27. The number of ether oxygens (including phenoxy) is 1. The Balaban J connectivity index is 2.36. The number of hydrogen-bond donors (Lipinski definition) is 3. The highest BCUT2D eigenvalue weighted by Gasteiger charge is 2.70. The van der Waals surface area contributed by atoms with E-state index in [4.69, 9.17) is 9.84 Å². The summed E-state index contributed by atoms with van der Waals surface area (Å²) in [7, 11) is 0. The first-order chi connectivity index (χ1) is 18.9. The van der Waals surface area contributed by atoms with Crippen molar-refractivity contribution in [3.05, 3.63) is 64.2 Å². The van der Waals surface area contributed by atoms with Gasteiger partial charge in [-0.3, -0.25) is 4.79 Å². The van der Waals surface area contributed by atoms with Crippen LogP contribution in [-0.2, 0) is 10.2 Å². The molecule has 41 heavy (non-hydrogen) atoms. The molecule has 2 aromatic rings. The normalized spacial score (nSPS) is 13.4. The lowest BCUT2D eigenvalue weighted by molar-refractivity contribution is -0.343. The van der Waals surface area contributed by atoms with Gasteiger partial charge < -0.3 is 20.1 Å². The first-order valence-corrected chi connectivity index (χ1v) is 13.1. The van der Waals surface area contributed by atoms with Crippen LogP contribution in [0.4, 0.5) is 26.3 Å². The average Bonchev–Trinajstić information content (AvgIpc) is 2.87. The zero-order chi connectivity index (χ0) is 31.2. The van der Waals surface area contributed by atoms with E-state index in [0.29, 0.717) is 30.6 Å². The van der Waals surface area contributed by atoms with Crippen LogP contribution >= 0.6 is 0 Å². The first-order valence-electron chi connectivity index (χ1n) is 13.1. The molecule has 2 rings (SSSR count). The molecule has 0 heterocycles. The van der Waals surface area contributed by atoms with Crippen LogP contribution in [0.25, 0.3) is 0 Å². The monoisotopic (exact) mass is 588 g/mol. The van der Waals surface area contributed by atoms with Gasteiger partial charge in [0.2, 0.25) is 0 Å². The SMILES string of the molecule is CCC(CC)(c1ccc(C#CC(O)(C(F)(F)F)C(F)(F)F)c(C)c1)c1ccc(OCC(O)CCCC(=O)O)c(C)c1. The first kappa shape index (κ1) is 34.0. The minimum Gasteiger partial charge on any atom is -0.491 e. The van der Waals surface area contributed by atoms with Gasteiger partial charge in [-0.2, -0.15) is 26.3 Å². The number of halogens is 6. The second-order valence-corrected chi connectivity index (χ2v) is 10.0. The maximum Gasteiger partial charge on any atom is 0.438 e. The Hall–Kier alpha value is -3.23. The summed E-state index contributed by atoms with van der Waals surface area (Å²) in [6.45, 7) is 7.27. The molecule has 5 nitrogen and oxygen atoms in total. The van der Waals surface area contributed by atoms with Crippen molar-refractivity contribution in [1.29, 1.82) is 0 Å². The molecule has 0 spiro atoms. The van der Waals surface area contributed by atoms with E-state index in [1.165, 1.54) is 13.0 Å². The number of carbonyl (C=O) groups is 1. The Morgan fingerprint density at radius 1 is 0.927 bits per heavy atom. The van der Waals surface area contributed by atoms with Gasteiger partial charge in [0.05, 0.1) is 6.10 Å². The summed E-state index contributed by atoms with van der Waals surface area (Å²) in [6.07, 6.45) is -11.1. The summed E-state index contributed by atoms with van der Waals surface area (Å²) in [4.78, 5) is 10.6. The van der Waals surface area contributed by atoms with Gasteiger partial charge in [-0.1, -0.05) is 44.0 Å². The number of carboxylic acid groups (broad SMARTS) is 1. The fraction of sp³-hybridized carbons (Fsp3) is 0.500. The van der Waals surface area contributed by atoms with Crippen molar-refractivity contribution in [2.24, 2.45) is 0 Å². The molecule has 0 saturated carbocycles. The molecule has 0 amide bonds. The summed E-state index contributed by atoms with van der Waals surface area (Å²) < 4.78 is 83.8. The summed E-state index contributed by atoms with van der Waals surface area (Å²) >= 11 is 0. The van der Waals surface area contributed by atoms with Crippen LogP contribution < -0.4 is 4.74 Å². The molecule has 2 aromatic carbocycles. The number of hydrogen-bond acceptors (Lipinski definition) is 4. The molecule has 0 bridgehead atoms. The Morgan fingerprint density at radius 3 is 1.93 bits per heavy atom. The Labute approximate surface area is 235 Å². The van der Waals surface area contributed by atoms with Gasteiger partial charge >= 0.3 is 23.9 Å². The minimum atomic E-state index is -6.03. The fourth-order valence-electron chi connectivity index (χ4n) is 4.66. The van der Waals surface area contributed by atoms with Gasteiger partial charge in [-0.05, 0) is 79.8 Å². The minimum absolute atomic E-state index is 0.00794. The van der Waals surface area contributed by atoms with Crippen molar-refractivity contribution in [2.45, 2.75) is 89.3 Å². The standard InChI is InChI=1S/C30H34F6O5/c1-5-27(6-2,23-12-13-25(20(4)17-23)41-18-24(37)8-7-9-26(38)39)22-11-10-21(19(3)16-22)14-15-28(40,29(31,32)33)30(34,35)36/h10-13,16-17,24,37,40H,5-9,18H2,1-4H3,(H,38,39). The smallest absolute Gasteiger partial charge is 0.438 e. The topological polar surface area (TPSA) is 87.0 Å². The number of rotatable bonds is 11. The summed E-state index contributed by atoms with van der Waals surface area (Å²) in [5, 5.41) is 28.1. The van der Waals surface area contributed by atoms with Crippen LogP contribution in [0.1, 0.15) is 73.8 Å². The molecular weight excluding hydrogens is 554 g/mol. The van der Waals surface area contributed by atoms with Crippen molar-refractivity contribution < 1.29 is 51.2 Å². The highest BCUT2D eigenvalue weighted by molar-refractivity contribution is 5.66. The molecule has 0 fully saturated rings. The molecule has 226 valence electrons. The van der Waals surface area contributed by atoms with Gasteiger partial charge in [-0.15, -0.1) is 0 Å². The number of aliphatic hydroxyl groups excluding tert-OH is 1. The van der Waals surface area contributed by atoms with Gasteiger partial charge in [0, 0.05) is 17.4 Å². The molecule has 1 atom stereocenters. The molecular formula is C30H34F6O5. The molecule has 0 aliphatic heterocycles. The van der Waals surface area contributed by atoms with Crippen molar-refractivity contribution in [3.8, 4) is 17.6 Å². The van der Waals surface area contributed by atoms with Crippen molar-refractivity contribution >= 4 is 5.97 Å². The number of aliphatic hydroxyl groups is 2. The Morgan fingerprint density at radius 2 is 1.46 bits per heavy atom. The number of alkyl halides is 6. The van der Waals surface area contributed by atoms with Gasteiger partial charge in [0.25, 0.3) is 0 Å². The molecule has 0 aromatic heterocycles. The van der Waals surface area contributed by atoms with Crippen molar-refractivity contribution in [1.82, 2.24) is 0 Å². The van der Waals surface area contributed by atoms with Crippen LogP contribution in [0.2, 0.25) is 0 Å². The second kappa shape index (κ2) is 13.2. The quantitative estimate of drug-likeness (QED) is 0.203. The fourth-order valence-corrected chi connectivity index (χ4v) is 4.66. The molecule has 0 saturated heterocycles. The van der Waals surface area contributed by atoms with E-state index in [-0.39, 0.29) is 25.0 Å². The molecule has 0 radical (unpaired) electrons. The van der Waals surface area contributed by atoms with Crippen LogP contribution in [-0.4, -0.2) is 52.0 Å². The zero-order valence-electron chi connectivity index (χ0n) is 23.2. The lowest BCUT2D eigenvalue weighted by atomic mass is 9.70. The predicted molar refractivity (Wildman–Crippen MR) is 141 cm³/mol. The zero-order valence-corrected chi connectivity index (χ0v) is 23.2. The van der Waals surface area contributed by atoms with E-state index in [1.807, 2.05) is 38.8 Å². The third-order valence-electron chi connectivity index (χ3n) is 7.27. The molecule has 11 heteroatoms. The molecule has 3 N–H and O–H groups in total. The largest absolute Gasteiger partial charge is 0.491 e. The maximum absolute atomic E-state index is 13.0. The number of carboxylic acids is 1. The Bertz CT molecular complexity index is 1250. The van der Waals surface area contributed by atoms with Crippen molar-refractivity contribution in [2.75, 3.05) is 6.61 Å². The van der Waals surface area contributed by atoms with E-state index in [1.54, 1.807) is 18.2 Å². The van der Waals surface area contributed by atoms with E-state index in [9.17, 15) is 41.4 Å². The van der Waals surface area contributed by atoms with Gasteiger partial charge in [0.15, 0.2) is 0 Å². The summed E-state index contributed by atoms with van der Waals surface area (Å²) in [6, 6.07) is 10.2. The second-order valence-electron chi connectivity index (χ2n) is 10.0. The number of benzene rings is 2. The predicted octanol–water partition coefficient (Wildman–Crippen LogP) is 6.61. The van der Waals surface area contributed by atoms with E-state index >= 15 is 0 Å². The molecule has 0 aliphatic carbocycles. The molecule has 0 aliphatic rings. The van der Waals surface area contributed by atoms with Crippen LogP contribution in [0.15, 0.2) is 36.4 Å². The Kier molecular flexibility index (Phi) is 10.9. The summed E-state index contributed by atoms with van der Waals surface area (Å²) in [5.41, 5.74) is -2.95. The van der Waals surface area contributed by atoms with E-state index < -0.39 is 35.4 Å². The summed E-state index contributed by atoms with van der Waals surface area (Å²) in [5.74, 6) is 2.47. The highest BCUT2D eigenvalue weighted by Crippen LogP contribution is 2.43. The van der Waals surface area contributed by atoms with Crippen LogP contribution in [0, 0.1) is 25.7 Å². The third kappa shape index (κ3) is 7.74. The van der Waals surface area contributed by atoms with Crippen LogP contribution in [0.3, 0.4) is 0 Å². The van der Waals surface area contributed by atoms with E-state index in [0.717, 1.165) is 22.6 Å². The van der Waals surface area contributed by atoms with Crippen molar-refractivity contribution in [3.63, 3.8) is 0 Å². The van der Waals surface area contributed by atoms with Gasteiger partial charge in [0.1, 0.15) is 12.4 Å². The number of aryl methyl sites for hydroxylation is 2. The lowest BCUT2D eigenvalue weighted by Gasteiger charge is -2.34. The average molecular weight is 589 g/mol. The van der Waals surface area contributed by atoms with Crippen LogP contribution in [0.5, 0.6) is 5.75 Å². The van der Waals surface area contributed by atoms with Gasteiger partial charge in [-0.25, -0.2) is 0 Å². The van der Waals surface area contributed by atoms with E-state index in [2.05, 4.69) is 0 Å². The molecule has 1 unspecified atom stereocenters. The lowest BCUT2D eigenvalue weighted by Crippen LogP contribution is -2.55.